The first-order chi connectivity index (χ1) is 16.0. The number of fused-ring (bicyclic) bond motifs is 1. The minimum absolute atomic E-state index is 0.0261. The van der Waals surface area contributed by atoms with Gasteiger partial charge in [0.05, 0.1) is 10.9 Å². The molecule has 0 saturated carbocycles. The van der Waals surface area contributed by atoms with Gasteiger partial charge in [0.25, 0.3) is 0 Å². The van der Waals surface area contributed by atoms with Gasteiger partial charge in [-0.25, -0.2) is 8.42 Å². The summed E-state index contributed by atoms with van der Waals surface area (Å²) in [5.41, 5.74) is 3.20. The number of carbonyl (C=O) groups excluding carboxylic acids is 1. The molecular weight excluding hydrogens is 440 g/mol. The molecule has 1 atom stereocenters. The maximum atomic E-state index is 13.1. The first-order valence-electron chi connectivity index (χ1n) is 11.2. The SMILES string of the molecule is O=C(NC1CCCc2ccccc21)C1CCN(S(=O)(=O)c2ccc(-c3nn[nH]n3)cc2)CC1. The highest BCUT2D eigenvalue weighted by Crippen LogP contribution is 2.31. The minimum atomic E-state index is -3.63. The van der Waals surface area contributed by atoms with Crippen LogP contribution in [0.3, 0.4) is 0 Å². The van der Waals surface area contributed by atoms with E-state index in [1.165, 1.54) is 15.4 Å². The predicted molar refractivity (Wildman–Crippen MR) is 121 cm³/mol. The number of hydrogen-bond acceptors (Lipinski definition) is 6. The van der Waals surface area contributed by atoms with Gasteiger partial charge in [0.15, 0.2) is 0 Å². The number of rotatable bonds is 5. The largest absolute Gasteiger partial charge is 0.349 e. The van der Waals surface area contributed by atoms with Crippen molar-refractivity contribution in [2.75, 3.05) is 13.1 Å². The minimum Gasteiger partial charge on any atom is -0.349 e. The summed E-state index contributed by atoms with van der Waals surface area (Å²) in [6.07, 6.45) is 4.08. The van der Waals surface area contributed by atoms with Crippen LogP contribution < -0.4 is 5.32 Å². The van der Waals surface area contributed by atoms with E-state index >= 15 is 0 Å². The Morgan fingerprint density at radius 3 is 2.52 bits per heavy atom. The van der Waals surface area contributed by atoms with E-state index in [2.05, 4.69) is 38.1 Å². The number of H-pyrrole nitrogens is 1. The first kappa shape index (κ1) is 21.7. The van der Waals surface area contributed by atoms with Gasteiger partial charge < -0.3 is 5.32 Å². The molecule has 172 valence electrons. The molecule has 1 aliphatic heterocycles. The molecule has 1 aromatic heterocycles. The zero-order valence-corrected chi connectivity index (χ0v) is 19.0. The quantitative estimate of drug-likeness (QED) is 0.596. The fourth-order valence-electron chi connectivity index (χ4n) is 4.76. The third kappa shape index (κ3) is 4.40. The fraction of sp³-hybridized carbons (Fsp3) is 0.391. The second-order valence-corrected chi connectivity index (χ2v) is 10.5. The maximum absolute atomic E-state index is 13.1. The normalized spacial score (nSPS) is 19.7. The number of aryl methyl sites for hydroxylation is 1. The molecule has 0 spiro atoms. The number of sulfonamides is 1. The molecule has 1 fully saturated rings. The number of aromatic amines is 1. The topological polar surface area (TPSA) is 121 Å². The fourth-order valence-corrected chi connectivity index (χ4v) is 6.23. The van der Waals surface area contributed by atoms with Crippen molar-refractivity contribution in [3.8, 4) is 11.4 Å². The molecule has 1 saturated heterocycles. The van der Waals surface area contributed by atoms with Gasteiger partial charge >= 0.3 is 0 Å². The van der Waals surface area contributed by atoms with E-state index in [4.69, 9.17) is 0 Å². The molecule has 5 rings (SSSR count). The molecule has 9 nitrogen and oxygen atoms in total. The predicted octanol–water partition coefficient (Wildman–Crippen LogP) is 2.46. The van der Waals surface area contributed by atoms with Gasteiger partial charge in [-0.15, -0.1) is 10.2 Å². The average Bonchev–Trinajstić information content (AvgIpc) is 3.40. The zero-order chi connectivity index (χ0) is 22.8. The van der Waals surface area contributed by atoms with Crippen molar-refractivity contribution in [3.63, 3.8) is 0 Å². The summed E-state index contributed by atoms with van der Waals surface area (Å²) < 4.78 is 27.7. The molecule has 1 aliphatic carbocycles. The van der Waals surface area contributed by atoms with E-state index in [0.717, 1.165) is 19.3 Å². The molecule has 2 aliphatic rings. The molecule has 2 heterocycles. The van der Waals surface area contributed by atoms with Crippen LogP contribution in [0.4, 0.5) is 0 Å². The van der Waals surface area contributed by atoms with E-state index in [0.29, 0.717) is 37.3 Å². The second-order valence-electron chi connectivity index (χ2n) is 8.59. The van der Waals surface area contributed by atoms with Crippen molar-refractivity contribution >= 4 is 15.9 Å². The molecule has 3 aromatic rings. The summed E-state index contributed by atoms with van der Waals surface area (Å²) in [5, 5.41) is 16.9. The molecule has 33 heavy (non-hydrogen) atoms. The van der Waals surface area contributed by atoms with Crippen molar-refractivity contribution in [1.29, 1.82) is 0 Å². The molecular formula is C23H26N6O3S. The van der Waals surface area contributed by atoms with Crippen LogP contribution in [0.5, 0.6) is 0 Å². The molecule has 0 radical (unpaired) electrons. The van der Waals surface area contributed by atoms with E-state index < -0.39 is 10.0 Å². The number of piperidine rings is 1. The Kier molecular flexibility index (Phi) is 5.94. The number of nitrogens with one attached hydrogen (secondary N) is 2. The second kappa shape index (κ2) is 9.03. The maximum Gasteiger partial charge on any atom is 0.243 e. The first-order valence-corrected chi connectivity index (χ1v) is 12.7. The Balaban J connectivity index is 1.20. The summed E-state index contributed by atoms with van der Waals surface area (Å²) in [6, 6.07) is 14.8. The van der Waals surface area contributed by atoms with E-state index in [-0.39, 0.29) is 22.8 Å². The van der Waals surface area contributed by atoms with Gasteiger partial charge in [-0.1, -0.05) is 24.3 Å². The Labute approximate surface area is 192 Å². The number of benzene rings is 2. The van der Waals surface area contributed by atoms with Crippen LogP contribution in [-0.4, -0.2) is 52.3 Å². The highest BCUT2D eigenvalue weighted by Gasteiger charge is 2.33. The van der Waals surface area contributed by atoms with Crippen LogP contribution in [0.15, 0.2) is 53.4 Å². The molecule has 2 N–H and O–H groups in total. The Morgan fingerprint density at radius 1 is 1.03 bits per heavy atom. The standard InChI is InChI=1S/C23H26N6O3S/c30-23(24-21-7-3-5-16-4-1-2-6-20(16)21)18-12-14-29(15-13-18)33(31,32)19-10-8-17(9-11-19)22-25-27-28-26-22/h1-2,4,6,8-11,18,21H,3,5,7,12-15H2,(H,24,30)(H,25,26,27,28). The lowest BCUT2D eigenvalue weighted by Gasteiger charge is -2.32. The van der Waals surface area contributed by atoms with E-state index in [1.807, 2.05) is 12.1 Å². The monoisotopic (exact) mass is 466 g/mol. The van der Waals surface area contributed by atoms with Crippen molar-refractivity contribution < 1.29 is 13.2 Å². The summed E-state index contributed by atoms with van der Waals surface area (Å²) in [4.78, 5) is 13.2. The van der Waals surface area contributed by atoms with Crippen LogP contribution in [0, 0.1) is 5.92 Å². The van der Waals surface area contributed by atoms with E-state index in [1.54, 1.807) is 24.3 Å². The van der Waals surface area contributed by atoms with Gasteiger partial charge in [-0.05, 0) is 72.7 Å². The van der Waals surface area contributed by atoms with Gasteiger partial charge in [0.2, 0.25) is 21.8 Å². The highest BCUT2D eigenvalue weighted by atomic mass is 32.2. The highest BCUT2D eigenvalue weighted by molar-refractivity contribution is 7.89. The van der Waals surface area contributed by atoms with Crippen LogP contribution >= 0.6 is 0 Å². The van der Waals surface area contributed by atoms with Crippen LogP contribution in [0.1, 0.15) is 42.9 Å². The zero-order valence-electron chi connectivity index (χ0n) is 18.1. The lowest BCUT2D eigenvalue weighted by Crippen LogP contribution is -2.44. The number of tetrazole rings is 1. The summed E-state index contributed by atoms with van der Waals surface area (Å²) in [7, 11) is -3.63. The van der Waals surface area contributed by atoms with Gasteiger partial charge in [0.1, 0.15) is 0 Å². The Morgan fingerprint density at radius 2 is 1.79 bits per heavy atom. The lowest BCUT2D eigenvalue weighted by atomic mass is 9.87. The number of nitrogens with zero attached hydrogens (tertiary/aromatic N) is 4. The molecule has 2 aromatic carbocycles. The summed E-state index contributed by atoms with van der Waals surface area (Å²) >= 11 is 0. The summed E-state index contributed by atoms with van der Waals surface area (Å²) in [5.74, 6) is 0.260. The molecule has 1 unspecified atom stereocenters. The average molecular weight is 467 g/mol. The molecule has 1 amide bonds. The Hall–Kier alpha value is -3.11. The van der Waals surface area contributed by atoms with Crippen molar-refractivity contribution in [1.82, 2.24) is 30.2 Å². The third-order valence-electron chi connectivity index (χ3n) is 6.61. The van der Waals surface area contributed by atoms with Gasteiger partial charge in [0, 0.05) is 24.6 Å². The van der Waals surface area contributed by atoms with Crippen LogP contribution in [0.25, 0.3) is 11.4 Å². The molecule has 0 bridgehead atoms. The smallest absolute Gasteiger partial charge is 0.243 e. The van der Waals surface area contributed by atoms with Crippen LogP contribution in [0.2, 0.25) is 0 Å². The number of hydrogen-bond donors (Lipinski definition) is 2. The van der Waals surface area contributed by atoms with E-state index in [9.17, 15) is 13.2 Å². The van der Waals surface area contributed by atoms with Crippen molar-refractivity contribution in [3.05, 3.63) is 59.7 Å². The Bertz CT molecular complexity index is 1220. The number of amides is 1. The lowest BCUT2D eigenvalue weighted by molar-refractivity contribution is -0.127. The third-order valence-corrected chi connectivity index (χ3v) is 8.52. The van der Waals surface area contributed by atoms with Crippen molar-refractivity contribution in [2.45, 2.75) is 43.0 Å². The molecule has 10 heteroatoms. The number of aromatic nitrogens is 4. The van der Waals surface area contributed by atoms with Crippen molar-refractivity contribution in [2.24, 2.45) is 5.92 Å². The van der Waals surface area contributed by atoms with Gasteiger partial charge in [-0.2, -0.15) is 9.52 Å². The van der Waals surface area contributed by atoms with Gasteiger partial charge in [-0.3, -0.25) is 4.79 Å². The summed E-state index contributed by atoms with van der Waals surface area (Å²) in [6.45, 7) is 0.655. The number of carbonyl (C=O) groups is 1. The van der Waals surface area contributed by atoms with Crippen LogP contribution in [-0.2, 0) is 21.2 Å².